The second-order valence-corrected chi connectivity index (χ2v) is 12.2. The fourth-order valence-corrected chi connectivity index (χ4v) is 6.33. The van der Waals surface area contributed by atoms with Crippen LogP contribution < -0.4 is 15.0 Å². The largest absolute Gasteiger partial charge is 0.496 e. The van der Waals surface area contributed by atoms with Gasteiger partial charge in [0, 0.05) is 35.5 Å². The average Bonchev–Trinajstić information content (AvgIpc) is 3.30. The van der Waals surface area contributed by atoms with Gasteiger partial charge >= 0.3 is 0 Å². The van der Waals surface area contributed by atoms with E-state index in [2.05, 4.69) is 31.1 Å². The molecular weight excluding hydrogens is 558 g/mol. The maximum Gasteiger partial charge on any atom is 0.240 e. The summed E-state index contributed by atoms with van der Waals surface area (Å²) in [4.78, 5) is 32.7. The van der Waals surface area contributed by atoms with Gasteiger partial charge in [-0.05, 0) is 35.9 Å². The van der Waals surface area contributed by atoms with E-state index in [-0.39, 0.29) is 34.8 Å². The van der Waals surface area contributed by atoms with E-state index in [1.807, 2.05) is 54.6 Å². The summed E-state index contributed by atoms with van der Waals surface area (Å²) in [6.45, 7) is 6.43. The summed E-state index contributed by atoms with van der Waals surface area (Å²) < 4.78 is 7.48. The lowest BCUT2D eigenvalue weighted by Gasteiger charge is -2.25. The summed E-state index contributed by atoms with van der Waals surface area (Å²) in [6.07, 6.45) is 3.36. The maximum absolute atomic E-state index is 13.9. The number of para-hydroxylation sites is 2. The molecule has 4 aromatic rings. The van der Waals surface area contributed by atoms with Crippen molar-refractivity contribution in [3.05, 3.63) is 100 Å². The molecule has 0 saturated heterocycles. The van der Waals surface area contributed by atoms with Gasteiger partial charge in [0.1, 0.15) is 18.1 Å². The lowest BCUT2D eigenvalue weighted by Crippen LogP contribution is -2.42. The van der Waals surface area contributed by atoms with Crippen LogP contribution in [0, 0.1) is 0 Å². The van der Waals surface area contributed by atoms with E-state index in [9.17, 15) is 9.59 Å². The summed E-state index contributed by atoms with van der Waals surface area (Å²) in [7, 11) is 1.64. The highest BCUT2D eigenvalue weighted by molar-refractivity contribution is 8.00. The van der Waals surface area contributed by atoms with Crippen molar-refractivity contribution in [1.82, 2.24) is 20.1 Å². The van der Waals surface area contributed by atoms with E-state index >= 15 is 0 Å². The minimum Gasteiger partial charge on any atom is -0.496 e. The molecule has 0 saturated carbocycles. The third kappa shape index (κ3) is 5.96. The number of anilines is 1. The molecule has 1 atom stereocenters. The number of nitrogens with one attached hydrogen (secondary N) is 1. The van der Waals surface area contributed by atoms with Crippen molar-refractivity contribution in [3.63, 3.8) is 0 Å². The van der Waals surface area contributed by atoms with Crippen LogP contribution in [-0.4, -0.2) is 46.0 Å². The normalized spacial score (nSPS) is 15.3. The fraction of sp³-hybridized carbons (Fsp3) is 0.290. The number of benzene rings is 2. The SMILES string of the molecule is COc1ccccc1[C@@H]1SCC(=O)N(CC(=O)NCc2ccncc2)c2c1c(C(C)(C)C)nn2-c1ccccc1Cl. The smallest absolute Gasteiger partial charge is 0.240 e. The number of fused-ring (bicyclic) bond motifs is 1. The predicted molar refractivity (Wildman–Crippen MR) is 163 cm³/mol. The van der Waals surface area contributed by atoms with Gasteiger partial charge in [-0.25, -0.2) is 4.68 Å². The predicted octanol–water partition coefficient (Wildman–Crippen LogP) is 5.71. The maximum atomic E-state index is 13.9. The first-order chi connectivity index (χ1) is 19.7. The molecule has 2 amide bonds. The molecule has 5 rings (SSSR count). The number of aromatic nitrogens is 3. The van der Waals surface area contributed by atoms with Crippen molar-refractivity contribution >= 4 is 41.0 Å². The summed E-state index contributed by atoms with van der Waals surface area (Å²) in [5, 5.41) is 8.25. The van der Waals surface area contributed by atoms with Crippen LogP contribution in [0.1, 0.15) is 48.4 Å². The summed E-state index contributed by atoms with van der Waals surface area (Å²) >= 11 is 8.21. The Morgan fingerprint density at radius 2 is 1.80 bits per heavy atom. The number of carbonyl (C=O) groups is 2. The Hall–Kier alpha value is -3.82. The molecule has 1 aliphatic heterocycles. The van der Waals surface area contributed by atoms with Crippen molar-refractivity contribution in [1.29, 1.82) is 0 Å². The number of hydrogen-bond donors (Lipinski definition) is 1. The zero-order valence-electron chi connectivity index (χ0n) is 23.4. The molecule has 0 bridgehead atoms. The van der Waals surface area contributed by atoms with Crippen LogP contribution >= 0.6 is 23.4 Å². The molecule has 2 aromatic heterocycles. The monoisotopic (exact) mass is 589 g/mol. The Morgan fingerprint density at radius 1 is 1.10 bits per heavy atom. The second-order valence-electron chi connectivity index (χ2n) is 10.7. The van der Waals surface area contributed by atoms with Crippen LogP contribution in [0.2, 0.25) is 5.02 Å². The van der Waals surface area contributed by atoms with Crippen molar-refractivity contribution in [2.24, 2.45) is 0 Å². The molecular formula is C31H32ClN5O3S. The fourth-order valence-electron chi connectivity index (χ4n) is 4.89. The first kappa shape index (κ1) is 28.7. The number of pyridine rings is 1. The Kier molecular flexibility index (Phi) is 8.37. The van der Waals surface area contributed by atoms with Crippen molar-refractivity contribution in [2.75, 3.05) is 24.3 Å². The van der Waals surface area contributed by atoms with E-state index in [1.165, 1.54) is 11.8 Å². The Morgan fingerprint density at radius 3 is 2.51 bits per heavy atom. The van der Waals surface area contributed by atoms with Gasteiger partial charge in [0.05, 0.1) is 34.5 Å². The highest BCUT2D eigenvalue weighted by Crippen LogP contribution is 2.50. The average molecular weight is 590 g/mol. The number of carbonyl (C=O) groups excluding carboxylic acids is 2. The third-order valence-electron chi connectivity index (χ3n) is 6.84. The summed E-state index contributed by atoms with van der Waals surface area (Å²) in [5.74, 6) is 0.943. The molecule has 1 aliphatic rings. The van der Waals surface area contributed by atoms with Crippen molar-refractivity contribution < 1.29 is 14.3 Å². The first-order valence-corrected chi connectivity index (χ1v) is 14.7. The highest BCUT2D eigenvalue weighted by Gasteiger charge is 2.40. The number of ether oxygens (including phenoxy) is 1. The van der Waals surface area contributed by atoms with Gasteiger partial charge in [0.25, 0.3) is 0 Å². The first-order valence-electron chi connectivity index (χ1n) is 13.3. The van der Waals surface area contributed by atoms with Crippen molar-refractivity contribution in [3.8, 4) is 11.4 Å². The van der Waals surface area contributed by atoms with E-state index in [0.717, 1.165) is 28.1 Å². The molecule has 3 heterocycles. The molecule has 41 heavy (non-hydrogen) atoms. The Bertz CT molecular complexity index is 1570. The van der Waals surface area contributed by atoms with Gasteiger partial charge in [-0.3, -0.25) is 19.5 Å². The van der Waals surface area contributed by atoms with Crippen LogP contribution in [0.4, 0.5) is 5.82 Å². The van der Waals surface area contributed by atoms with Gasteiger partial charge < -0.3 is 10.1 Å². The van der Waals surface area contributed by atoms with E-state index in [1.54, 1.807) is 35.2 Å². The van der Waals surface area contributed by atoms with Crippen LogP contribution in [0.3, 0.4) is 0 Å². The van der Waals surface area contributed by atoms with Crippen LogP contribution in [0.5, 0.6) is 5.75 Å². The number of methoxy groups -OCH3 is 1. The molecule has 0 spiro atoms. The number of thioether (sulfide) groups is 1. The van der Waals surface area contributed by atoms with Gasteiger partial charge in [-0.15, -0.1) is 11.8 Å². The van der Waals surface area contributed by atoms with Crippen LogP contribution in [0.15, 0.2) is 73.1 Å². The highest BCUT2D eigenvalue weighted by atomic mass is 35.5. The minimum absolute atomic E-state index is 0.168. The molecule has 212 valence electrons. The van der Waals surface area contributed by atoms with Gasteiger partial charge in [-0.2, -0.15) is 5.10 Å². The van der Waals surface area contributed by atoms with Crippen LogP contribution in [-0.2, 0) is 21.5 Å². The van der Waals surface area contributed by atoms with Gasteiger partial charge in [-0.1, -0.05) is 62.7 Å². The Balaban J connectivity index is 1.69. The van der Waals surface area contributed by atoms with Gasteiger partial charge in [0.2, 0.25) is 11.8 Å². The second kappa shape index (κ2) is 12.0. The zero-order valence-corrected chi connectivity index (χ0v) is 25.0. The van der Waals surface area contributed by atoms with E-state index in [0.29, 0.717) is 23.1 Å². The topological polar surface area (TPSA) is 89.3 Å². The lowest BCUT2D eigenvalue weighted by molar-refractivity contribution is -0.123. The van der Waals surface area contributed by atoms with Crippen LogP contribution in [0.25, 0.3) is 5.69 Å². The molecule has 0 aliphatic carbocycles. The number of rotatable bonds is 7. The van der Waals surface area contributed by atoms with Crippen molar-refractivity contribution in [2.45, 2.75) is 38.0 Å². The lowest BCUT2D eigenvalue weighted by atomic mass is 9.87. The molecule has 0 unspecified atom stereocenters. The summed E-state index contributed by atoms with van der Waals surface area (Å²) in [5.41, 5.74) is 3.76. The number of nitrogens with zero attached hydrogens (tertiary/aromatic N) is 4. The number of amides is 2. The molecule has 0 fully saturated rings. The summed E-state index contributed by atoms with van der Waals surface area (Å²) in [6, 6.07) is 18.9. The molecule has 1 N–H and O–H groups in total. The number of halogens is 1. The zero-order chi connectivity index (χ0) is 29.1. The van der Waals surface area contributed by atoms with Gasteiger partial charge in [0.15, 0.2) is 0 Å². The van der Waals surface area contributed by atoms with E-state index in [4.69, 9.17) is 21.4 Å². The Labute approximate surface area is 249 Å². The third-order valence-corrected chi connectivity index (χ3v) is 8.40. The molecule has 10 heteroatoms. The minimum atomic E-state index is -0.389. The standard InChI is InChI=1S/C31H32ClN5O3S/c1-31(2,3)29-27-28(21-9-5-8-12-24(21)40-4)41-19-26(39)36(18-25(38)34-17-20-13-15-33-16-14-20)30(27)37(35-29)23-11-7-6-10-22(23)32/h5-16,28H,17-19H2,1-4H3,(H,34,38)/t28-/m0/s1. The molecule has 8 nitrogen and oxygen atoms in total. The molecule has 2 aromatic carbocycles. The quantitative estimate of drug-likeness (QED) is 0.297. The van der Waals surface area contributed by atoms with E-state index < -0.39 is 0 Å². The number of hydrogen-bond acceptors (Lipinski definition) is 6. The molecule has 0 radical (unpaired) electrons.